The van der Waals surface area contributed by atoms with E-state index in [1.807, 2.05) is 18.2 Å². The molecule has 3 rings (SSSR count). The zero-order valence-corrected chi connectivity index (χ0v) is 15.9. The molecule has 136 valence electrons. The number of carbonyl (C=O) groups is 2. The highest BCUT2D eigenvalue weighted by atomic mass is 127. The fraction of sp³-hybridized carbons (Fsp3) is 0.222. The predicted molar refractivity (Wildman–Crippen MR) is 100 cm³/mol. The van der Waals surface area contributed by atoms with Gasteiger partial charge in [0.2, 0.25) is 6.79 Å². The van der Waals surface area contributed by atoms with Crippen LogP contribution in [0.15, 0.2) is 42.5 Å². The highest BCUT2D eigenvalue weighted by Crippen LogP contribution is 2.32. The van der Waals surface area contributed by atoms with E-state index in [-0.39, 0.29) is 20.0 Å². The van der Waals surface area contributed by atoms with E-state index in [1.165, 1.54) is 0 Å². The molecule has 0 atom stereocenters. The molecule has 0 aliphatic carbocycles. The van der Waals surface area contributed by atoms with Gasteiger partial charge in [0.05, 0.1) is 0 Å². The first-order valence-electron chi connectivity index (χ1n) is 7.79. The first-order chi connectivity index (χ1) is 12.6. The minimum absolute atomic E-state index is 0.200. The Labute approximate surface area is 163 Å². The van der Waals surface area contributed by atoms with Gasteiger partial charge in [0.15, 0.2) is 24.7 Å². The normalized spacial score (nSPS) is 11.7. The number of fused-ring (bicyclic) bond motifs is 1. The average Bonchev–Trinajstić information content (AvgIpc) is 3.12. The SMILES string of the molecule is O=C(COC(=O)COc1ccc(I)cc1)NCc1ccc2c(c1)OCO2. The summed E-state index contributed by atoms with van der Waals surface area (Å²) in [5, 5.41) is 2.67. The molecule has 8 heteroatoms. The number of rotatable bonds is 7. The molecule has 0 spiro atoms. The van der Waals surface area contributed by atoms with Crippen LogP contribution in [-0.2, 0) is 20.9 Å². The molecule has 0 saturated heterocycles. The van der Waals surface area contributed by atoms with Crippen molar-refractivity contribution in [3.63, 3.8) is 0 Å². The van der Waals surface area contributed by atoms with Crippen LogP contribution in [0, 0.1) is 3.57 Å². The Bertz CT molecular complexity index is 793. The molecule has 1 amide bonds. The molecule has 0 unspecified atom stereocenters. The first kappa shape index (κ1) is 18.3. The Kier molecular flexibility index (Phi) is 6.16. The van der Waals surface area contributed by atoms with Gasteiger partial charge < -0.3 is 24.3 Å². The van der Waals surface area contributed by atoms with Gasteiger partial charge in [-0.05, 0) is 64.6 Å². The lowest BCUT2D eigenvalue weighted by Crippen LogP contribution is -2.29. The molecule has 0 fully saturated rings. The molecule has 26 heavy (non-hydrogen) atoms. The summed E-state index contributed by atoms with van der Waals surface area (Å²) in [5.41, 5.74) is 0.857. The maximum absolute atomic E-state index is 11.8. The summed E-state index contributed by atoms with van der Waals surface area (Å²) in [4.78, 5) is 23.4. The largest absolute Gasteiger partial charge is 0.482 e. The number of amides is 1. The predicted octanol–water partition coefficient (Wildman–Crippen LogP) is 2.26. The second-order valence-corrected chi connectivity index (χ2v) is 6.61. The topological polar surface area (TPSA) is 83.1 Å². The van der Waals surface area contributed by atoms with Crippen molar-refractivity contribution < 1.29 is 28.5 Å². The van der Waals surface area contributed by atoms with Crippen molar-refractivity contribution in [3.05, 3.63) is 51.6 Å². The molecule has 2 aromatic rings. The van der Waals surface area contributed by atoms with Crippen LogP contribution in [0.5, 0.6) is 17.2 Å². The molecule has 1 N–H and O–H groups in total. The monoisotopic (exact) mass is 469 g/mol. The van der Waals surface area contributed by atoms with E-state index in [9.17, 15) is 9.59 Å². The summed E-state index contributed by atoms with van der Waals surface area (Å²) in [6, 6.07) is 12.7. The third-order valence-electron chi connectivity index (χ3n) is 3.46. The summed E-state index contributed by atoms with van der Waals surface area (Å²) in [6.45, 7) is -0.118. The Morgan fingerprint density at radius 2 is 1.81 bits per heavy atom. The summed E-state index contributed by atoms with van der Waals surface area (Å²) in [6.07, 6.45) is 0. The Hall–Kier alpha value is -2.49. The van der Waals surface area contributed by atoms with Crippen LogP contribution in [0.25, 0.3) is 0 Å². The van der Waals surface area contributed by atoms with Gasteiger partial charge >= 0.3 is 5.97 Å². The molecule has 0 saturated carbocycles. The molecular formula is C18H16INO6. The number of nitrogens with one attached hydrogen (secondary N) is 1. The first-order valence-corrected chi connectivity index (χ1v) is 8.87. The van der Waals surface area contributed by atoms with Crippen LogP contribution in [0.3, 0.4) is 0 Å². The number of esters is 1. The fourth-order valence-electron chi connectivity index (χ4n) is 2.16. The van der Waals surface area contributed by atoms with Crippen LogP contribution >= 0.6 is 22.6 Å². The van der Waals surface area contributed by atoms with Gasteiger partial charge in [-0.2, -0.15) is 0 Å². The summed E-state index contributed by atoms with van der Waals surface area (Å²) in [7, 11) is 0. The van der Waals surface area contributed by atoms with Crippen molar-refractivity contribution in [2.45, 2.75) is 6.54 Å². The van der Waals surface area contributed by atoms with Gasteiger partial charge in [0.25, 0.3) is 5.91 Å². The third-order valence-corrected chi connectivity index (χ3v) is 4.18. The van der Waals surface area contributed by atoms with E-state index in [2.05, 4.69) is 27.9 Å². The zero-order chi connectivity index (χ0) is 18.4. The molecule has 1 aliphatic heterocycles. The van der Waals surface area contributed by atoms with Crippen molar-refractivity contribution in [1.82, 2.24) is 5.32 Å². The highest BCUT2D eigenvalue weighted by Gasteiger charge is 2.14. The average molecular weight is 469 g/mol. The third kappa shape index (κ3) is 5.25. The fourth-order valence-corrected chi connectivity index (χ4v) is 2.52. The summed E-state index contributed by atoms with van der Waals surface area (Å²) < 4.78 is 21.7. The minimum atomic E-state index is -0.609. The number of hydrogen-bond donors (Lipinski definition) is 1. The van der Waals surface area contributed by atoms with Gasteiger partial charge in [-0.1, -0.05) is 6.07 Å². The number of hydrogen-bond acceptors (Lipinski definition) is 6. The standard InChI is InChI=1S/C18H16INO6/c19-13-2-4-14(5-3-13)23-10-18(22)24-9-17(21)20-8-12-1-6-15-16(7-12)26-11-25-15/h1-7H,8-11H2,(H,20,21). The van der Waals surface area contributed by atoms with Gasteiger partial charge in [0, 0.05) is 10.1 Å². The van der Waals surface area contributed by atoms with Crippen LogP contribution in [-0.4, -0.2) is 31.9 Å². The number of carbonyl (C=O) groups excluding carboxylic acids is 2. The van der Waals surface area contributed by atoms with Gasteiger partial charge in [-0.3, -0.25) is 4.79 Å². The number of benzene rings is 2. The lowest BCUT2D eigenvalue weighted by molar-refractivity contribution is -0.150. The van der Waals surface area contributed by atoms with Crippen molar-refractivity contribution in [2.75, 3.05) is 20.0 Å². The second kappa shape index (κ2) is 8.75. The molecular weight excluding hydrogens is 453 g/mol. The van der Waals surface area contributed by atoms with Crippen molar-refractivity contribution in [3.8, 4) is 17.2 Å². The lowest BCUT2D eigenvalue weighted by Gasteiger charge is -2.08. The van der Waals surface area contributed by atoms with E-state index >= 15 is 0 Å². The maximum Gasteiger partial charge on any atom is 0.344 e. The Balaban J connectivity index is 1.35. The molecule has 0 radical (unpaired) electrons. The quantitative estimate of drug-likeness (QED) is 0.495. The van der Waals surface area contributed by atoms with Crippen molar-refractivity contribution >= 4 is 34.5 Å². The second-order valence-electron chi connectivity index (χ2n) is 5.37. The summed E-state index contributed by atoms with van der Waals surface area (Å²) >= 11 is 2.17. The van der Waals surface area contributed by atoms with Gasteiger partial charge in [0.1, 0.15) is 5.75 Å². The number of halogens is 1. The Morgan fingerprint density at radius 3 is 2.62 bits per heavy atom. The van der Waals surface area contributed by atoms with Crippen LogP contribution in [0.2, 0.25) is 0 Å². The van der Waals surface area contributed by atoms with E-state index in [0.717, 1.165) is 9.13 Å². The molecule has 1 heterocycles. The highest BCUT2D eigenvalue weighted by molar-refractivity contribution is 14.1. The van der Waals surface area contributed by atoms with E-state index in [0.29, 0.717) is 23.8 Å². The van der Waals surface area contributed by atoms with E-state index in [4.69, 9.17) is 18.9 Å². The molecule has 0 aromatic heterocycles. The van der Waals surface area contributed by atoms with Gasteiger partial charge in [-0.15, -0.1) is 0 Å². The van der Waals surface area contributed by atoms with Crippen LogP contribution in [0.1, 0.15) is 5.56 Å². The van der Waals surface area contributed by atoms with Gasteiger partial charge in [-0.25, -0.2) is 4.79 Å². The molecule has 2 aromatic carbocycles. The smallest absolute Gasteiger partial charge is 0.344 e. The van der Waals surface area contributed by atoms with E-state index < -0.39 is 11.9 Å². The molecule has 0 bridgehead atoms. The molecule has 7 nitrogen and oxygen atoms in total. The summed E-state index contributed by atoms with van der Waals surface area (Å²) in [5.74, 6) is 0.889. The number of ether oxygens (including phenoxy) is 4. The van der Waals surface area contributed by atoms with Crippen molar-refractivity contribution in [2.24, 2.45) is 0 Å². The van der Waals surface area contributed by atoms with Crippen molar-refractivity contribution in [1.29, 1.82) is 0 Å². The zero-order valence-electron chi connectivity index (χ0n) is 13.7. The Morgan fingerprint density at radius 1 is 1.04 bits per heavy atom. The maximum atomic E-state index is 11.8. The molecule has 1 aliphatic rings. The van der Waals surface area contributed by atoms with Crippen LogP contribution in [0.4, 0.5) is 0 Å². The lowest BCUT2D eigenvalue weighted by atomic mass is 10.2. The van der Waals surface area contributed by atoms with E-state index in [1.54, 1.807) is 24.3 Å². The van der Waals surface area contributed by atoms with Crippen LogP contribution < -0.4 is 19.5 Å². The minimum Gasteiger partial charge on any atom is -0.482 e.